The highest BCUT2D eigenvalue weighted by Gasteiger charge is 2.17. The molecule has 7 heteroatoms. The third-order valence-electron chi connectivity index (χ3n) is 4.96. The molecule has 1 amide bonds. The second-order valence-electron chi connectivity index (χ2n) is 7.12. The number of benzene rings is 4. The van der Waals surface area contributed by atoms with Crippen LogP contribution in [0, 0.1) is 0 Å². The molecule has 1 atom stereocenters. The predicted octanol–water partition coefficient (Wildman–Crippen LogP) is 4.90. The molecule has 4 aromatic carbocycles. The van der Waals surface area contributed by atoms with Gasteiger partial charge in [0, 0.05) is 5.56 Å². The van der Waals surface area contributed by atoms with Crippen molar-refractivity contribution in [2.75, 3.05) is 0 Å². The molecule has 0 radical (unpaired) electrons. The van der Waals surface area contributed by atoms with Gasteiger partial charge in [0.2, 0.25) is 0 Å². The average molecular weight is 459 g/mol. The molecule has 0 heterocycles. The van der Waals surface area contributed by atoms with E-state index in [4.69, 9.17) is 16.3 Å². The first-order chi connectivity index (χ1) is 16.0. The summed E-state index contributed by atoms with van der Waals surface area (Å²) in [5.41, 5.74) is 3.50. The highest BCUT2D eigenvalue weighted by molar-refractivity contribution is 6.33. The Balaban J connectivity index is 1.61. The predicted molar refractivity (Wildman–Crippen MR) is 127 cm³/mol. The number of amides is 1. The second kappa shape index (κ2) is 10.1. The van der Waals surface area contributed by atoms with Crippen molar-refractivity contribution in [3.05, 3.63) is 113 Å². The number of hydrogen-bond donors (Lipinski definition) is 2. The number of ether oxygens (including phenoxy) is 1. The summed E-state index contributed by atoms with van der Waals surface area (Å²) in [5, 5.41) is 16.2. The highest BCUT2D eigenvalue weighted by Crippen LogP contribution is 2.28. The van der Waals surface area contributed by atoms with Crippen LogP contribution in [0.5, 0.6) is 5.75 Å². The van der Waals surface area contributed by atoms with Crippen LogP contribution in [-0.4, -0.2) is 23.2 Å². The van der Waals surface area contributed by atoms with E-state index in [0.29, 0.717) is 11.1 Å². The monoisotopic (exact) mass is 458 g/mol. The normalized spacial score (nSPS) is 11.9. The number of carbonyl (C=O) groups is 2. The summed E-state index contributed by atoms with van der Waals surface area (Å²) in [7, 11) is 0. The van der Waals surface area contributed by atoms with E-state index in [1.54, 1.807) is 60.7 Å². The molecule has 0 saturated carbocycles. The van der Waals surface area contributed by atoms with Crippen molar-refractivity contribution in [2.45, 2.75) is 6.10 Å². The van der Waals surface area contributed by atoms with Gasteiger partial charge in [-0.2, -0.15) is 5.10 Å². The van der Waals surface area contributed by atoms with Crippen LogP contribution in [0.3, 0.4) is 0 Å². The lowest BCUT2D eigenvalue weighted by Gasteiger charge is -2.12. The van der Waals surface area contributed by atoms with E-state index < -0.39 is 18.0 Å². The van der Waals surface area contributed by atoms with Crippen molar-refractivity contribution >= 4 is 40.5 Å². The van der Waals surface area contributed by atoms with Gasteiger partial charge in [0.25, 0.3) is 5.91 Å². The Hall–Kier alpha value is -4.00. The number of fused-ring (bicyclic) bond motifs is 1. The fourth-order valence-electron chi connectivity index (χ4n) is 3.29. The van der Waals surface area contributed by atoms with Crippen LogP contribution in [0.2, 0.25) is 5.02 Å². The zero-order chi connectivity index (χ0) is 23.2. The van der Waals surface area contributed by atoms with Crippen LogP contribution in [0.25, 0.3) is 10.8 Å². The second-order valence-corrected chi connectivity index (χ2v) is 7.52. The van der Waals surface area contributed by atoms with Gasteiger partial charge >= 0.3 is 5.97 Å². The molecule has 4 aromatic rings. The maximum Gasteiger partial charge on any atom is 0.345 e. The van der Waals surface area contributed by atoms with Gasteiger partial charge < -0.3 is 9.84 Å². The van der Waals surface area contributed by atoms with Gasteiger partial charge in [-0.1, -0.05) is 84.4 Å². The van der Waals surface area contributed by atoms with Crippen LogP contribution < -0.4 is 10.2 Å². The number of carbonyl (C=O) groups excluding carboxylic acids is 2. The molecule has 0 aromatic heterocycles. The number of hydrogen-bond acceptors (Lipinski definition) is 5. The standard InChI is InChI=1S/C26H19ClN2O4/c27-22-13-7-6-12-20(22)26(32)33-23-15-14-17-8-4-5-11-19(17)21(23)16-28-29-25(31)24(30)18-9-2-1-3-10-18/h1-16,24,30H,(H,29,31). The molecule has 0 aliphatic carbocycles. The molecule has 0 fully saturated rings. The first-order valence-corrected chi connectivity index (χ1v) is 10.5. The summed E-state index contributed by atoms with van der Waals surface area (Å²) in [6.45, 7) is 0. The number of hydrazone groups is 1. The topological polar surface area (TPSA) is 88.0 Å². The van der Waals surface area contributed by atoms with Crippen LogP contribution in [-0.2, 0) is 4.79 Å². The summed E-state index contributed by atoms with van der Waals surface area (Å²) < 4.78 is 5.62. The van der Waals surface area contributed by atoms with Crippen molar-refractivity contribution in [3.8, 4) is 5.75 Å². The SMILES string of the molecule is O=C(Oc1ccc2ccccc2c1C=NNC(=O)C(O)c1ccccc1)c1ccccc1Cl. The largest absolute Gasteiger partial charge is 0.422 e. The zero-order valence-electron chi connectivity index (χ0n) is 17.3. The van der Waals surface area contributed by atoms with Crippen molar-refractivity contribution in [1.82, 2.24) is 5.43 Å². The number of esters is 1. The van der Waals surface area contributed by atoms with E-state index in [1.807, 2.05) is 30.3 Å². The Kier molecular flexibility index (Phi) is 6.78. The third-order valence-corrected chi connectivity index (χ3v) is 5.29. The molecule has 33 heavy (non-hydrogen) atoms. The first kappa shape index (κ1) is 22.2. The molecule has 0 aliphatic rings. The summed E-state index contributed by atoms with van der Waals surface area (Å²) >= 11 is 6.12. The van der Waals surface area contributed by atoms with Crippen LogP contribution in [0.1, 0.15) is 27.6 Å². The summed E-state index contributed by atoms with van der Waals surface area (Å²) in [4.78, 5) is 25.0. The van der Waals surface area contributed by atoms with E-state index in [-0.39, 0.29) is 16.3 Å². The minimum Gasteiger partial charge on any atom is -0.422 e. The van der Waals surface area contributed by atoms with Crippen molar-refractivity contribution < 1.29 is 19.4 Å². The maximum atomic E-state index is 12.7. The lowest BCUT2D eigenvalue weighted by Crippen LogP contribution is -2.25. The number of aliphatic hydroxyl groups excluding tert-OH is 1. The molecule has 2 N–H and O–H groups in total. The van der Waals surface area contributed by atoms with E-state index in [9.17, 15) is 14.7 Å². The number of halogens is 1. The minimum atomic E-state index is -1.37. The van der Waals surface area contributed by atoms with Gasteiger partial charge in [-0.05, 0) is 34.5 Å². The Bertz CT molecular complexity index is 1340. The molecule has 0 aliphatic heterocycles. The quantitative estimate of drug-likeness (QED) is 0.186. The van der Waals surface area contributed by atoms with E-state index in [0.717, 1.165) is 10.8 Å². The van der Waals surface area contributed by atoms with Gasteiger partial charge in [0.1, 0.15) is 5.75 Å². The number of rotatable bonds is 6. The first-order valence-electron chi connectivity index (χ1n) is 10.1. The van der Waals surface area contributed by atoms with Crippen LogP contribution in [0.4, 0.5) is 0 Å². The molecule has 0 saturated heterocycles. The molecular formula is C26H19ClN2O4. The minimum absolute atomic E-state index is 0.231. The van der Waals surface area contributed by atoms with Gasteiger partial charge in [-0.3, -0.25) is 4.79 Å². The van der Waals surface area contributed by atoms with Gasteiger partial charge in [-0.25, -0.2) is 10.2 Å². The number of nitrogens with zero attached hydrogens (tertiary/aromatic N) is 1. The Morgan fingerprint density at radius 1 is 0.909 bits per heavy atom. The van der Waals surface area contributed by atoms with E-state index >= 15 is 0 Å². The van der Waals surface area contributed by atoms with E-state index in [2.05, 4.69) is 10.5 Å². The van der Waals surface area contributed by atoms with Crippen molar-refractivity contribution in [3.63, 3.8) is 0 Å². The lowest BCUT2D eigenvalue weighted by atomic mass is 10.0. The summed E-state index contributed by atoms with van der Waals surface area (Å²) in [6, 6.07) is 26.1. The molecule has 0 spiro atoms. The molecule has 1 unspecified atom stereocenters. The van der Waals surface area contributed by atoms with E-state index in [1.165, 1.54) is 6.21 Å². The Morgan fingerprint density at radius 2 is 1.61 bits per heavy atom. The average Bonchev–Trinajstić information content (AvgIpc) is 2.85. The summed E-state index contributed by atoms with van der Waals surface area (Å²) in [6.07, 6.45) is 0.0149. The molecule has 164 valence electrons. The molecule has 6 nitrogen and oxygen atoms in total. The summed E-state index contributed by atoms with van der Waals surface area (Å²) in [5.74, 6) is -1.05. The van der Waals surface area contributed by atoms with Crippen molar-refractivity contribution in [2.24, 2.45) is 5.10 Å². The number of aliphatic hydroxyl groups is 1. The van der Waals surface area contributed by atoms with Gasteiger partial charge in [0.05, 0.1) is 16.8 Å². The molecular weight excluding hydrogens is 440 g/mol. The lowest BCUT2D eigenvalue weighted by molar-refractivity contribution is -0.129. The Labute approximate surface area is 195 Å². The van der Waals surface area contributed by atoms with Crippen molar-refractivity contribution in [1.29, 1.82) is 0 Å². The third kappa shape index (κ3) is 5.09. The highest BCUT2D eigenvalue weighted by atomic mass is 35.5. The molecule has 4 rings (SSSR count). The number of nitrogens with one attached hydrogen (secondary N) is 1. The Morgan fingerprint density at radius 3 is 2.39 bits per heavy atom. The fraction of sp³-hybridized carbons (Fsp3) is 0.0385. The zero-order valence-corrected chi connectivity index (χ0v) is 18.1. The van der Waals surface area contributed by atoms with Gasteiger partial charge in [-0.15, -0.1) is 0 Å². The smallest absolute Gasteiger partial charge is 0.345 e. The van der Waals surface area contributed by atoms with Gasteiger partial charge in [0.15, 0.2) is 6.10 Å². The van der Waals surface area contributed by atoms with Crippen LogP contribution in [0.15, 0.2) is 96.1 Å². The fourth-order valence-corrected chi connectivity index (χ4v) is 3.50. The molecule has 0 bridgehead atoms. The maximum absolute atomic E-state index is 12.7. The van der Waals surface area contributed by atoms with Crippen LogP contribution >= 0.6 is 11.6 Å².